The van der Waals surface area contributed by atoms with Gasteiger partial charge in [-0.15, -0.1) is 11.3 Å². The summed E-state index contributed by atoms with van der Waals surface area (Å²) in [5.74, 6) is 0. The van der Waals surface area contributed by atoms with E-state index in [1.165, 1.54) is 42.4 Å². The van der Waals surface area contributed by atoms with E-state index in [4.69, 9.17) is 4.42 Å². The fourth-order valence-corrected chi connectivity index (χ4v) is 7.71. The molecule has 2 nitrogen and oxygen atoms in total. The zero-order chi connectivity index (χ0) is 29.7. The molecule has 0 radical (unpaired) electrons. The van der Waals surface area contributed by atoms with Crippen molar-refractivity contribution in [2.45, 2.75) is 0 Å². The number of hydrogen-bond donors (Lipinski definition) is 0. The molecule has 9 aromatic rings. The summed E-state index contributed by atoms with van der Waals surface area (Å²) in [7, 11) is 0. The van der Waals surface area contributed by atoms with Crippen LogP contribution in [0.4, 0.5) is 17.1 Å². The molecule has 0 fully saturated rings. The van der Waals surface area contributed by atoms with Crippen LogP contribution in [0, 0.1) is 0 Å². The summed E-state index contributed by atoms with van der Waals surface area (Å²) in [6, 6.07) is 58.4. The van der Waals surface area contributed by atoms with Crippen LogP contribution in [0.5, 0.6) is 0 Å². The third-order valence-electron chi connectivity index (χ3n) is 8.68. The first-order valence-corrected chi connectivity index (χ1v) is 16.0. The van der Waals surface area contributed by atoms with Crippen molar-refractivity contribution in [2.75, 3.05) is 4.90 Å². The lowest BCUT2D eigenvalue weighted by molar-refractivity contribution is 0.673. The van der Waals surface area contributed by atoms with Gasteiger partial charge in [-0.25, -0.2) is 0 Å². The number of anilines is 3. The molecule has 0 aliphatic heterocycles. The number of rotatable bonds is 5. The quantitative estimate of drug-likeness (QED) is 0.197. The van der Waals surface area contributed by atoms with Gasteiger partial charge >= 0.3 is 0 Å². The van der Waals surface area contributed by atoms with E-state index >= 15 is 0 Å². The predicted molar refractivity (Wildman–Crippen MR) is 192 cm³/mol. The van der Waals surface area contributed by atoms with E-state index in [-0.39, 0.29) is 0 Å². The van der Waals surface area contributed by atoms with Gasteiger partial charge in [0.1, 0.15) is 11.2 Å². The van der Waals surface area contributed by atoms with Gasteiger partial charge in [0.25, 0.3) is 0 Å². The van der Waals surface area contributed by atoms with Crippen LogP contribution in [0.3, 0.4) is 0 Å². The van der Waals surface area contributed by atoms with Crippen LogP contribution in [0.15, 0.2) is 168 Å². The van der Waals surface area contributed by atoms with E-state index in [0.29, 0.717) is 0 Å². The lowest BCUT2D eigenvalue weighted by atomic mass is 10.0. The van der Waals surface area contributed by atoms with Gasteiger partial charge in [0.05, 0.1) is 10.4 Å². The lowest BCUT2D eigenvalue weighted by Crippen LogP contribution is -2.10. The maximum atomic E-state index is 6.60. The average molecular weight is 594 g/mol. The molecule has 0 atom stereocenters. The van der Waals surface area contributed by atoms with Gasteiger partial charge in [0.2, 0.25) is 0 Å². The van der Waals surface area contributed by atoms with Crippen molar-refractivity contribution in [2.24, 2.45) is 0 Å². The predicted octanol–water partition coefficient (Wildman–Crippen LogP) is 12.8. The topological polar surface area (TPSA) is 16.4 Å². The normalized spacial score (nSPS) is 11.6. The first-order valence-electron chi connectivity index (χ1n) is 15.2. The third kappa shape index (κ3) is 4.32. The zero-order valence-electron chi connectivity index (χ0n) is 24.4. The Labute approximate surface area is 265 Å². The Morgan fingerprint density at radius 3 is 1.58 bits per heavy atom. The second kappa shape index (κ2) is 10.5. The Kier molecular flexibility index (Phi) is 6.03. The minimum Gasteiger partial charge on any atom is -0.455 e. The van der Waals surface area contributed by atoms with Crippen molar-refractivity contribution in [3.05, 3.63) is 164 Å². The molecular formula is C42H27NOS. The minimum atomic E-state index is 0.909. The molecule has 9 rings (SSSR count). The van der Waals surface area contributed by atoms with E-state index < -0.39 is 0 Å². The van der Waals surface area contributed by atoms with Crippen LogP contribution in [0.2, 0.25) is 0 Å². The largest absolute Gasteiger partial charge is 0.455 e. The zero-order valence-corrected chi connectivity index (χ0v) is 25.2. The van der Waals surface area contributed by atoms with Crippen molar-refractivity contribution in [3.8, 4) is 22.3 Å². The van der Waals surface area contributed by atoms with E-state index in [2.05, 4.69) is 163 Å². The summed E-state index contributed by atoms with van der Waals surface area (Å²) < 4.78 is 9.06. The standard InChI is InChI=1S/C42H27NOS/c1-3-11-28(12-4-1)30-19-23-32(24-20-30)43(33-25-21-31(22-26-33)29-13-5-2-6-14-29)37-27-36-34-15-7-9-17-38(34)44-41(36)40-35-16-8-10-18-39(35)45-42(37)40/h1-27H. The number of hydrogen-bond acceptors (Lipinski definition) is 3. The van der Waals surface area contributed by atoms with Gasteiger partial charge in [0, 0.05) is 37.6 Å². The SMILES string of the molecule is c1ccc(-c2ccc(N(c3ccc(-c4ccccc4)cc3)c3cc4c5ccccc5oc4c4c3sc3ccccc34)cc2)cc1. The number of para-hydroxylation sites is 1. The number of benzene rings is 7. The molecule has 0 bridgehead atoms. The molecule has 0 aliphatic rings. The molecular weight excluding hydrogens is 567 g/mol. The third-order valence-corrected chi connectivity index (χ3v) is 9.87. The molecule has 212 valence electrons. The van der Waals surface area contributed by atoms with Gasteiger partial charge in [-0.2, -0.15) is 0 Å². The maximum absolute atomic E-state index is 6.60. The van der Waals surface area contributed by atoms with Crippen LogP contribution in [-0.2, 0) is 0 Å². The van der Waals surface area contributed by atoms with Crippen LogP contribution in [0.25, 0.3) is 64.4 Å². The van der Waals surface area contributed by atoms with Crippen LogP contribution >= 0.6 is 11.3 Å². The highest BCUT2D eigenvalue weighted by molar-refractivity contribution is 7.26. The first-order chi connectivity index (χ1) is 22.3. The van der Waals surface area contributed by atoms with Crippen molar-refractivity contribution < 1.29 is 4.42 Å². The number of nitrogens with zero attached hydrogens (tertiary/aromatic N) is 1. The molecule has 0 amide bonds. The highest BCUT2D eigenvalue weighted by Gasteiger charge is 2.23. The van der Waals surface area contributed by atoms with E-state index in [1.54, 1.807) is 0 Å². The molecule has 2 heterocycles. The molecule has 2 aromatic heterocycles. The number of furan rings is 1. The lowest BCUT2D eigenvalue weighted by Gasteiger charge is -2.27. The summed E-state index contributed by atoms with van der Waals surface area (Å²) >= 11 is 1.83. The second-order valence-corrected chi connectivity index (χ2v) is 12.4. The van der Waals surface area contributed by atoms with Gasteiger partial charge in [-0.05, 0) is 64.7 Å². The summed E-state index contributed by atoms with van der Waals surface area (Å²) in [6.45, 7) is 0. The van der Waals surface area contributed by atoms with Gasteiger partial charge < -0.3 is 9.32 Å². The molecule has 0 saturated carbocycles. The molecule has 0 aliphatic carbocycles. The van der Waals surface area contributed by atoms with Gasteiger partial charge in [-0.1, -0.05) is 121 Å². The molecule has 0 N–H and O–H groups in total. The molecule has 0 spiro atoms. The molecule has 3 heteroatoms. The Morgan fingerprint density at radius 1 is 0.444 bits per heavy atom. The van der Waals surface area contributed by atoms with Gasteiger partial charge in [-0.3, -0.25) is 0 Å². The monoisotopic (exact) mass is 593 g/mol. The van der Waals surface area contributed by atoms with Crippen molar-refractivity contribution in [1.82, 2.24) is 0 Å². The smallest absolute Gasteiger partial charge is 0.144 e. The van der Waals surface area contributed by atoms with Crippen molar-refractivity contribution in [3.63, 3.8) is 0 Å². The Bertz CT molecular complexity index is 2370. The molecule has 0 unspecified atom stereocenters. The maximum Gasteiger partial charge on any atom is 0.144 e. The Hall–Kier alpha value is -5.64. The van der Waals surface area contributed by atoms with Crippen LogP contribution in [-0.4, -0.2) is 0 Å². The Morgan fingerprint density at radius 2 is 0.956 bits per heavy atom. The number of fused-ring (bicyclic) bond motifs is 7. The van der Waals surface area contributed by atoms with E-state index in [0.717, 1.165) is 39.0 Å². The second-order valence-electron chi connectivity index (χ2n) is 11.3. The summed E-state index contributed by atoms with van der Waals surface area (Å²) in [5.41, 5.74) is 10.0. The molecule has 0 saturated heterocycles. The summed E-state index contributed by atoms with van der Waals surface area (Å²) in [6.07, 6.45) is 0. The highest BCUT2D eigenvalue weighted by Crippen LogP contribution is 2.50. The average Bonchev–Trinajstić information content (AvgIpc) is 3.69. The Balaban J connectivity index is 1.31. The first kappa shape index (κ1) is 25.8. The minimum absolute atomic E-state index is 0.909. The molecule has 45 heavy (non-hydrogen) atoms. The van der Waals surface area contributed by atoms with E-state index in [9.17, 15) is 0 Å². The highest BCUT2D eigenvalue weighted by atomic mass is 32.1. The van der Waals surface area contributed by atoms with Crippen molar-refractivity contribution in [1.29, 1.82) is 0 Å². The van der Waals surface area contributed by atoms with E-state index in [1.807, 2.05) is 17.4 Å². The van der Waals surface area contributed by atoms with Crippen LogP contribution in [0.1, 0.15) is 0 Å². The van der Waals surface area contributed by atoms with Gasteiger partial charge in [0.15, 0.2) is 0 Å². The fraction of sp³-hybridized carbons (Fsp3) is 0. The van der Waals surface area contributed by atoms with Crippen molar-refractivity contribution >= 4 is 70.5 Å². The fourth-order valence-electron chi connectivity index (χ4n) is 6.51. The number of thiophene rings is 1. The molecule has 7 aromatic carbocycles. The summed E-state index contributed by atoms with van der Waals surface area (Å²) in [4.78, 5) is 2.41. The summed E-state index contributed by atoms with van der Waals surface area (Å²) in [5, 5.41) is 4.65. The van der Waals surface area contributed by atoms with Crippen LogP contribution < -0.4 is 4.90 Å².